The van der Waals surface area contributed by atoms with E-state index in [0.29, 0.717) is 22.3 Å². The fourth-order valence-corrected chi connectivity index (χ4v) is 14.9. The Morgan fingerprint density at radius 1 is 0.545 bits per heavy atom. The molecule has 55 heavy (non-hydrogen) atoms. The maximum Gasteiger partial charge on any atom is 0.0364 e. The number of benzene rings is 4. The summed E-state index contributed by atoms with van der Waals surface area (Å²) in [6, 6.07) is 24.9. The third-order valence-electron chi connectivity index (χ3n) is 13.4. The molecular weight excluding hydrogens is 681 g/mol. The quantitative estimate of drug-likeness (QED) is 0.168. The van der Waals surface area contributed by atoms with Gasteiger partial charge in [-0.3, -0.25) is 0 Å². The monoisotopic (exact) mass is 749 g/mol. The van der Waals surface area contributed by atoms with Gasteiger partial charge in [-0.15, -0.1) is 0 Å². The third kappa shape index (κ3) is 6.83. The summed E-state index contributed by atoms with van der Waals surface area (Å²) < 4.78 is 0. The van der Waals surface area contributed by atoms with Crippen molar-refractivity contribution in [2.24, 2.45) is 11.8 Å². The summed E-state index contributed by atoms with van der Waals surface area (Å²) in [4.78, 5) is 0. The molecule has 0 aliphatic heterocycles. The molecule has 0 N–H and O–H groups in total. The van der Waals surface area contributed by atoms with Gasteiger partial charge in [0.1, 0.15) is 0 Å². The van der Waals surface area contributed by atoms with Gasteiger partial charge in [0, 0.05) is 10.5 Å². The number of fused-ring (bicyclic) bond motifs is 4. The molecule has 8 rings (SSSR count). The summed E-state index contributed by atoms with van der Waals surface area (Å²) in [5.41, 5.74) is 25.3. The average molecular weight is 749 g/mol. The van der Waals surface area contributed by atoms with Gasteiger partial charge < -0.3 is 0 Å². The molecule has 2 atom stereocenters. The second-order valence-electron chi connectivity index (χ2n) is 21.0. The summed E-state index contributed by atoms with van der Waals surface area (Å²) in [5.74, 6) is 1.24. The van der Waals surface area contributed by atoms with Crippen LogP contribution in [-0.4, -0.2) is 12.5 Å². The minimum Gasteiger partial charge on any atom is -0.226 e. The van der Waals surface area contributed by atoms with Gasteiger partial charge >= 0.3 is 0 Å². The highest BCUT2D eigenvalue weighted by molar-refractivity contribution is 8.33. The van der Waals surface area contributed by atoms with Crippen molar-refractivity contribution in [2.75, 3.05) is 12.5 Å². The SMILES string of the molecule is CC(C)CC1=Cc2c(cc3c(c2-c2ccc(C(C)(C)C)cc2)CCC3)C1S(C)(C)C1C(CC(C)C)=Cc2c1cc1c(c2-c2ccc(C(C)(C)C)cc2)CCC1. The van der Waals surface area contributed by atoms with Crippen LogP contribution in [0.1, 0.15) is 161 Å². The summed E-state index contributed by atoms with van der Waals surface area (Å²) in [5, 5.41) is 0.912. The zero-order valence-corrected chi connectivity index (χ0v) is 37.1. The summed E-state index contributed by atoms with van der Waals surface area (Å²) >= 11 is 0. The molecule has 2 unspecified atom stereocenters. The highest BCUT2D eigenvalue weighted by atomic mass is 32.3. The van der Waals surface area contributed by atoms with Crippen molar-refractivity contribution in [3.8, 4) is 22.3 Å². The Labute approximate surface area is 336 Å². The van der Waals surface area contributed by atoms with Crippen molar-refractivity contribution < 1.29 is 0 Å². The molecule has 0 bridgehead atoms. The average Bonchev–Trinajstić information content (AvgIpc) is 3.90. The molecule has 4 aromatic rings. The Kier molecular flexibility index (Phi) is 9.80. The van der Waals surface area contributed by atoms with Crippen molar-refractivity contribution in [1.29, 1.82) is 0 Å². The van der Waals surface area contributed by atoms with E-state index in [1.807, 2.05) is 0 Å². The Morgan fingerprint density at radius 2 is 0.909 bits per heavy atom. The molecule has 0 heterocycles. The number of aryl methyl sites for hydroxylation is 2. The van der Waals surface area contributed by atoms with Gasteiger partial charge in [0.2, 0.25) is 0 Å². The maximum absolute atomic E-state index is 2.74. The second-order valence-corrected chi connectivity index (χ2v) is 24.9. The highest BCUT2D eigenvalue weighted by Gasteiger charge is 2.46. The minimum atomic E-state index is -1.28. The van der Waals surface area contributed by atoms with Crippen LogP contribution in [0.25, 0.3) is 34.4 Å². The largest absolute Gasteiger partial charge is 0.226 e. The molecule has 4 aliphatic carbocycles. The predicted molar refractivity (Wildman–Crippen MR) is 245 cm³/mol. The molecule has 0 nitrogen and oxygen atoms in total. The molecule has 4 aliphatic rings. The number of rotatable bonds is 8. The van der Waals surface area contributed by atoms with Crippen LogP contribution in [-0.2, 0) is 36.5 Å². The van der Waals surface area contributed by atoms with E-state index in [9.17, 15) is 0 Å². The number of hydrogen-bond acceptors (Lipinski definition) is 0. The first-order valence-corrected chi connectivity index (χ1v) is 24.2. The van der Waals surface area contributed by atoms with Crippen LogP contribution >= 0.6 is 10.0 Å². The van der Waals surface area contributed by atoms with Crippen LogP contribution in [0.2, 0.25) is 0 Å². The zero-order chi connectivity index (χ0) is 39.2. The van der Waals surface area contributed by atoms with Crippen molar-refractivity contribution in [2.45, 2.75) is 142 Å². The lowest BCUT2D eigenvalue weighted by atomic mass is 9.84. The van der Waals surface area contributed by atoms with E-state index in [4.69, 9.17) is 0 Å². The van der Waals surface area contributed by atoms with Crippen molar-refractivity contribution >= 4 is 22.2 Å². The molecule has 0 aromatic heterocycles. The van der Waals surface area contributed by atoms with Crippen LogP contribution in [0.3, 0.4) is 0 Å². The molecular formula is C54H68S. The lowest BCUT2D eigenvalue weighted by molar-refractivity contribution is 0.590. The van der Waals surface area contributed by atoms with E-state index >= 15 is 0 Å². The van der Waals surface area contributed by atoms with Gasteiger partial charge in [0.15, 0.2) is 0 Å². The molecule has 4 aromatic carbocycles. The first kappa shape index (κ1) is 38.6. The fourth-order valence-electron chi connectivity index (χ4n) is 11.0. The zero-order valence-electron chi connectivity index (χ0n) is 36.3. The highest BCUT2D eigenvalue weighted by Crippen LogP contribution is 2.74. The molecule has 0 saturated heterocycles. The molecule has 0 radical (unpaired) electrons. The minimum absolute atomic E-state index is 0.149. The Morgan fingerprint density at radius 3 is 1.24 bits per heavy atom. The summed E-state index contributed by atoms with van der Waals surface area (Å²) in [6.07, 6.45) is 20.6. The Balaban J connectivity index is 1.31. The Bertz CT molecular complexity index is 2030. The normalized spacial score (nSPS) is 19.5. The molecule has 290 valence electrons. The van der Waals surface area contributed by atoms with Crippen LogP contribution < -0.4 is 0 Å². The van der Waals surface area contributed by atoms with Gasteiger partial charge in [0.25, 0.3) is 0 Å². The predicted octanol–water partition coefficient (Wildman–Crippen LogP) is 15.3. The number of hydrogen-bond donors (Lipinski definition) is 0. The second kappa shape index (κ2) is 14.0. The van der Waals surface area contributed by atoms with E-state index in [-0.39, 0.29) is 10.8 Å². The van der Waals surface area contributed by atoms with E-state index in [1.54, 1.807) is 66.8 Å². The van der Waals surface area contributed by atoms with E-state index in [0.717, 1.165) is 0 Å². The van der Waals surface area contributed by atoms with Gasteiger partial charge in [0.05, 0.1) is 0 Å². The summed E-state index contributed by atoms with van der Waals surface area (Å²) in [7, 11) is -1.28. The van der Waals surface area contributed by atoms with Gasteiger partial charge in [-0.1, -0.05) is 153 Å². The van der Waals surface area contributed by atoms with Crippen molar-refractivity contribution in [3.05, 3.63) is 127 Å². The first-order chi connectivity index (χ1) is 25.9. The van der Waals surface area contributed by atoms with Crippen LogP contribution in [0, 0.1) is 11.8 Å². The van der Waals surface area contributed by atoms with Gasteiger partial charge in [-0.05, 0) is 164 Å². The van der Waals surface area contributed by atoms with Crippen molar-refractivity contribution in [1.82, 2.24) is 0 Å². The Hall–Kier alpha value is -3.29. The third-order valence-corrected chi connectivity index (χ3v) is 17.0. The topological polar surface area (TPSA) is 0 Å². The van der Waals surface area contributed by atoms with Crippen molar-refractivity contribution in [3.63, 3.8) is 0 Å². The van der Waals surface area contributed by atoms with Crippen LogP contribution in [0.5, 0.6) is 0 Å². The van der Waals surface area contributed by atoms with Gasteiger partial charge in [-0.2, -0.15) is 0 Å². The first-order valence-electron chi connectivity index (χ1n) is 21.6. The lowest BCUT2D eigenvalue weighted by Crippen LogP contribution is -2.19. The molecule has 0 saturated carbocycles. The smallest absolute Gasteiger partial charge is 0.0364 e. The van der Waals surface area contributed by atoms with E-state index < -0.39 is 10.0 Å². The van der Waals surface area contributed by atoms with Gasteiger partial charge in [-0.25, -0.2) is 10.0 Å². The molecule has 0 fully saturated rings. The molecule has 1 heteroatoms. The summed E-state index contributed by atoms with van der Waals surface area (Å²) in [6.45, 7) is 23.7. The standard InChI is InChI=1S/C54H68S/c1-33(2)27-39-31-45-47(29-37-15-13-17-43(37)49(45)35-19-23-41(24-20-35)53(5,6)7)51(39)55(11,12)52-40(28-34(3)4)32-46-48(52)30-38-16-14-18-44(38)50(46)36-21-25-42(26-22-36)54(8,9)10/h19-26,29-34,51-52H,13-18,27-28H2,1-12H3. The fraction of sp³-hybridized carbons (Fsp3) is 0.481. The lowest BCUT2D eigenvalue weighted by Gasteiger charge is -2.47. The van der Waals surface area contributed by atoms with Crippen LogP contribution in [0.15, 0.2) is 71.8 Å². The van der Waals surface area contributed by atoms with Crippen LogP contribution in [0.4, 0.5) is 0 Å². The van der Waals surface area contributed by atoms with E-state index in [2.05, 4.69) is 155 Å². The molecule has 0 spiro atoms. The van der Waals surface area contributed by atoms with E-state index in [1.165, 1.54) is 73.6 Å². The molecule has 0 amide bonds. The maximum atomic E-state index is 2.74.